The second-order valence-corrected chi connectivity index (χ2v) is 15.2. The fourth-order valence-corrected chi connectivity index (χ4v) is 9.30. The molecule has 0 aromatic heterocycles. The molecule has 4 aromatic rings. The first-order chi connectivity index (χ1) is 27.8. The minimum absolute atomic E-state index is 0.0800. The van der Waals surface area contributed by atoms with Crippen molar-refractivity contribution in [3.63, 3.8) is 0 Å². The lowest BCUT2D eigenvalue weighted by Gasteiger charge is -2.59. The van der Waals surface area contributed by atoms with Gasteiger partial charge in [0.25, 0.3) is 5.91 Å². The Morgan fingerprint density at radius 1 is 0.982 bits per heavy atom. The number of nitrogens with zero attached hydrogens (tertiary/aromatic N) is 3. The molecule has 6 atom stereocenters. The van der Waals surface area contributed by atoms with Crippen LogP contribution in [0.1, 0.15) is 72.3 Å². The quantitative estimate of drug-likeness (QED) is 0.0658. The number of rotatable bonds is 16. The molecule has 296 valence electrons. The van der Waals surface area contributed by atoms with Crippen LogP contribution in [0.15, 0.2) is 114 Å². The Labute approximate surface area is 334 Å². The molecule has 0 spiro atoms. The molecule has 1 fully saturated rings. The topological polar surface area (TPSA) is 134 Å². The Bertz CT molecular complexity index is 2180. The number of carbonyl (C=O) groups excluding carboxylic acids is 1. The summed E-state index contributed by atoms with van der Waals surface area (Å²) in [6, 6.07) is 28.3. The molecule has 10 nitrogen and oxygen atoms in total. The molecule has 4 aromatic carbocycles. The number of hydrogen-bond donors (Lipinski definition) is 2. The monoisotopic (exact) mass is 769 g/mol. The van der Waals surface area contributed by atoms with Crippen molar-refractivity contribution in [2.75, 3.05) is 34.0 Å². The van der Waals surface area contributed by atoms with E-state index in [1.165, 1.54) is 7.11 Å². The molecule has 0 bridgehead atoms. The van der Waals surface area contributed by atoms with Crippen molar-refractivity contribution in [2.45, 2.75) is 62.7 Å². The van der Waals surface area contributed by atoms with Gasteiger partial charge in [-0.15, -0.1) is 6.58 Å². The van der Waals surface area contributed by atoms with E-state index in [1.54, 1.807) is 42.3 Å². The van der Waals surface area contributed by atoms with Crippen LogP contribution in [0.5, 0.6) is 17.2 Å². The Kier molecular flexibility index (Phi) is 12.4. The molecule has 1 aliphatic heterocycles. The average molecular weight is 770 g/mol. The minimum atomic E-state index is -1.37. The second kappa shape index (κ2) is 17.8. The molecule has 0 saturated heterocycles. The summed E-state index contributed by atoms with van der Waals surface area (Å²) in [4.78, 5) is 21.6. The molecular weight excluding hydrogens is 719 g/mol. The van der Waals surface area contributed by atoms with Gasteiger partial charge in [-0.2, -0.15) is 5.26 Å². The van der Waals surface area contributed by atoms with Crippen molar-refractivity contribution >= 4 is 22.4 Å². The first kappa shape index (κ1) is 39.8. The van der Waals surface area contributed by atoms with Gasteiger partial charge in [-0.25, -0.2) is 0 Å². The third-order valence-corrected chi connectivity index (χ3v) is 11.9. The molecule has 1 amide bonds. The predicted octanol–water partition coefficient (Wildman–Crippen LogP) is 8.54. The number of likely N-dealkylation sites (N-methyl/N-ethyl adjacent to an activating group) is 1. The number of oxime groups is 1. The van der Waals surface area contributed by atoms with Crippen molar-refractivity contribution in [1.82, 2.24) is 4.90 Å². The molecule has 2 aliphatic carbocycles. The van der Waals surface area contributed by atoms with Crippen molar-refractivity contribution in [2.24, 2.45) is 22.9 Å². The molecule has 0 unspecified atom stereocenters. The van der Waals surface area contributed by atoms with E-state index in [4.69, 9.17) is 19.0 Å². The zero-order valence-corrected chi connectivity index (χ0v) is 32.7. The maximum atomic E-state index is 14.4. The van der Waals surface area contributed by atoms with Crippen LogP contribution in [0.3, 0.4) is 0 Å². The number of fused-ring (bicyclic) bond motifs is 3. The van der Waals surface area contributed by atoms with Gasteiger partial charge in [0, 0.05) is 43.7 Å². The van der Waals surface area contributed by atoms with Gasteiger partial charge in [0.05, 0.1) is 29.9 Å². The van der Waals surface area contributed by atoms with Crippen LogP contribution in [0.2, 0.25) is 0 Å². The Hall–Kier alpha value is -5.47. The highest BCUT2D eigenvalue weighted by atomic mass is 16.7. The van der Waals surface area contributed by atoms with E-state index in [9.17, 15) is 20.3 Å². The molecule has 57 heavy (non-hydrogen) atoms. The third-order valence-electron chi connectivity index (χ3n) is 11.9. The van der Waals surface area contributed by atoms with Crippen LogP contribution in [0.25, 0.3) is 10.8 Å². The maximum absolute atomic E-state index is 14.4. The summed E-state index contributed by atoms with van der Waals surface area (Å²) in [5, 5.41) is 35.9. The number of aliphatic hydroxyl groups is 2. The molecule has 10 heteroatoms. The molecule has 2 N–H and O–H groups in total. The van der Waals surface area contributed by atoms with Gasteiger partial charge in [0.15, 0.2) is 0 Å². The van der Waals surface area contributed by atoms with Crippen LogP contribution in [-0.2, 0) is 9.57 Å². The Morgan fingerprint density at radius 2 is 1.70 bits per heavy atom. The van der Waals surface area contributed by atoms with Crippen LogP contribution in [-0.4, -0.2) is 72.5 Å². The number of hydrogen-bond acceptors (Lipinski definition) is 9. The molecular formula is C47H51N3O7. The predicted molar refractivity (Wildman–Crippen MR) is 219 cm³/mol. The summed E-state index contributed by atoms with van der Waals surface area (Å²) in [7, 11) is 3.29. The van der Waals surface area contributed by atoms with Crippen molar-refractivity contribution in [3.8, 4) is 23.3 Å². The van der Waals surface area contributed by atoms with E-state index in [0.29, 0.717) is 41.2 Å². The van der Waals surface area contributed by atoms with Gasteiger partial charge in [0.2, 0.25) is 5.79 Å². The average Bonchev–Trinajstić information content (AvgIpc) is 3.24. The number of ether oxygens (including phenoxy) is 3. The Morgan fingerprint density at radius 3 is 2.42 bits per heavy atom. The second-order valence-electron chi connectivity index (χ2n) is 15.2. The van der Waals surface area contributed by atoms with Crippen molar-refractivity contribution < 1.29 is 34.1 Å². The smallest absolute Gasteiger partial charge is 0.254 e. The molecule has 7 rings (SSSR count). The van der Waals surface area contributed by atoms with Crippen LogP contribution in [0.4, 0.5) is 0 Å². The van der Waals surface area contributed by atoms with E-state index in [-0.39, 0.29) is 49.9 Å². The van der Waals surface area contributed by atoms with Gasteiger partial charge in [-0.1, -0.05) is 60.5 Å². The zero-order valence-electron chi connectivity index (χ0n) is 32.7. The van der Waals surface area contributed by atoms with E-state index < -0.39 is 17.7 Å². The van der Waals surface area contributed by atoms with Crippen molar-refractivity contribution in [3.05, 3.63) is 126 Å². The minimum Gasteiger partial charge on any atom is -0.459 e. The highest BCUT2D eigenvalue weighted by Gasteiger charge is 2.65. The maximum Gasteiger partial charge on any atom is 0.254 e. The van der Waals surface area contributed by atoms with E-state index in [0.717, 1.165) is 53.3 Å². The van der Waals surface area contributed by atoms with E-state index in [1.807, 2.05) is 36.4 Å². The van der Waals surface area contributed by atoms with Gasteiger partial charge in [-0.05, 0) is 108 Å². The molecule has 1 saturated carbocycles. The highest BCUT2D eigenvalue weighted by molar-refractivity contribution is 6.03. The number of amides is 1. The lowest BCUT2D eigenvalue weighted by Crippen LogP contribution is -2.69. The summed E-state index contributed by atoms with van der Waals surface area (Å²) in [5.41, 5.74) is 3.54. The number of allylic oxidation sites excluding steroid dienone is 1. The van der Waals surface area contributed by atoms with Gasteiger partial charge in [0.1, 0.15) is 30.4 Å². The van der Waals surface area contributed by atoms with E-state index in [2.05, 4.69) is 48.1 Å². The van der Waals surface area contributed by atoms with Gasteiger partial charge < -0.3 is 34.2 Å². The van der Waals surface area contributed by atoms with Gasteiger partial charge >= 0.3 is 0 Å². The van der Waals surface area contributed by atoms with Gasteiger partial charge in [-0.3, -0.25) is 4.79 Å². The van der Waals surface area contributed by atoms with Crippen LogP contribution >= 0.6 is 0 Å². The number of carbonyl (C=O) groups is 1. The summed E-state index contributed by atoms with van der Waals surface area (Å²) in [6.45, 7) is 4.37. The van der Waals surface area contributed by atoms with Crippen LogP contribution < -0.4 is 9.47 Å². The number of benzene rings is 4. The first-order valence-electron chi connectivity index (χ1n) is 19.9. The van der Waals surface area contributed by atoms with Crippen LogP contribution in [0, 0.1) is 29.1 Å². The third kappa shape index (κ3) is 7.93. The first-order valence-corrected chi connectivity index (χ1v) is 19.9. The molecule has 3 aliphatic rings. The lowest BCUT2D eigenvalue weighted by atomic mass is 9.55. The summed E-state index contributed by atoms with van der Waals surface area (Å²) >= 11 is 0. The summed E-state index contributed by atoms with van der Waals surface area (Å²) < 4.78 is 20.8. The standard InChI is InChI=1S/C47H51N3O7/c1-4-25-55-47-43(50(2)46(53)33-17-15-31(30-48)16-18-33)29-41(49-54-3)39-27-35(13-7-9-23-51)38(14-8-10-24-52)44(45(39)47)40-28-37(21-22-42(40)57-47)56-36-20-19-32-11-5-6-12-34(32)26-36/h4-6,11-12,15-22,26-28,35,38,43-45,51-52H,1,7-10,13-14,23-25,29H2,2-3H3/t35-,38+,43-,44+,45+,47+/m0/s1. The highest BCUT2D eigenvalue weighted by Crippen LogP contribution is 2.62. The largest absolute Gasteiger partial charge is 0.459 e. The number of nitriles is 1. The van der Waals surface area contributed by atoms with E-state index >= 15 is 0 Å². The van der Waals surface area contributed by atoms with Crippen molar-refractivity contribution in [1.29, 1.82) is 5.26 Å². The molecule has 1 heterocycles. The lowest BCUT2D eigenvalue weighted by molar-refractivity contribution is -0.252. The fraction of sp³-hybridized carbons (Fsp3) is 0.383. The number of aliphatic hydroxyl groups excluding tert-OH is 2. The number of unbranched alkanes of at least 4 members (excludes halogenated alkanes) is 2. The summed E-state index contributed by atoms with van der Waals surface area (Å²) in [6.07, 6.45) is 8.98. The fourth-order valence-electron chi connectivity index (χ4n) is 9.30. The molecule has 0 radical (unpaired) electrons. The Balaban J connectivity index is 1.40. The SMILES string of the molecule is C=CCO[C@@]12Oc3ccc(Oc4ccc5ccccc5c4)cc3[C@H]3[C@H](CCCCO)[C@@H](CCCCO)C=C(C(=NOC)C[C@@H]1N(C)C(=O)c1ccc(C#N)cc1)[C@H]32. The summed E-state index contributed by atoms with van der Waals surface area (Å²) in [5.74, 6) is -0.0174. The normalized spacial score (nSPS) is 24.0. The zero-order chi connectivity index (χ0) is 39.9.